The summed E-state index contributed by atoms with van der Waals surface area (Å²) in [6, 6.07) is 0. The van der Waals surface area contributed by atoms with Gasteiger partial charge in [-0.15, -0.1) is 0 Å². The van der Waals surface area contributed by atoms with Crippen LogP contribution in [-0.4, -0.2) is 41.6 Å². The highest BCUT2D eigenvalue weighted by Gasteiger charge is 2.24. The van der Waals surface area contributed by atoms with Gasteiger partial charge in [0.05, 0.1) is 11.5 Å². The topological polar surface area (TPSA) is 130 Å². The van der Waals surface area contributed by atoms with E-state index in [1.165, 1.54) is 0 Å². The van der Waals surface area contributed by atoms with Crippen molar-refractivity contribution in [1.82, 2.24) is 0 Å². The minimum atomic E-state index is -3.44. The third-order valence-corrected chi connectivity index (χ3v) is 6.34. The van der Waals surface area contributed by atoms with Crippen molar-refractivity contribution >= 4 is 20.0 Å². The highest BCUT2D eigenvalue weighted by molar-refractivity contribution is 7.89. The average Bonchev–Trinajstić information content (AvgIpc) is 2.30. The van der Waals surface area contributed by atoms with E-state index in [4.69, 9.17) is 15.0 Å². The molecular weight excluding hydrogens is 364 g/mol. The van der Waals surface area contributed by atoms with Gasteiger partial charge in [0.2, 0.25) is 20.0 Å². The third kappa shape index (κ3) is 17.0. The molecule has 0 heterocycles. The molecule has 0 aromatic rings. The minimum Gasteiger partial charge on any atom is -0.381 e. The van der Waals surface area contributed by atoms with Gasteiger partial charge < -0.3 is 4.74 Å². The Kier molecular flexibility index (Phi) is 10.1. The van der Waals surface area contributed by atoms with Crippen LogP contribution in [0.15, 0.2) is 0 Å². The first-order chi connectivity index (χ1) is 11.1. The predicted octanol–water partition coefficient (Wildman–Crippen LogP) is 1.97. The van der Waals surface area contributed by atoms with Gasteiger partial charge in [-0.05, 0) is 36.5 Å². The molecule has 0 aromatic heterocycles. The standard InChI is InChI=1S/C16H36N2O5S2/c1-15(2,13-24(17,19)20)9-5-7-11-23-12-8-6-10-16(3,4)14-25(18,21)22/h5-14H2,1-4H3,(H2,17,19,20)(H2,18,21,22). The monoisotopic (exact) mass is 400 g/mol. The summed E-state index contributed by atoms with van der Waals surface area (Å²) in [5, 5.41) is 10.2. The molecule has 0 atom stereocenters. The second kappa shape index (κ2) is 10.2. The SMILES string of the molecule is CC(C)(CCCCOCCCCC(C)(C)CS(N)(=O)=O)CS(N)(=O)=O. The maximum atomic E-state index is 11.1. The maximum absolute atomic E-state index is 11.1. The fourth-order valence-electron chi connectivity index (χ4n) is 2.95. The third-order valence-electron chi connectivity index (χ3n) is 3.97. The highest BCUT2D eigenvalue weighted by atomic mass is 32.2. The van der Waals surface area contributed by atoms with E-state index in [2.05, 4.69) is 0 Å². The van der Waals surface area contributed by atoms with Crippen molar-refractivity contribution in [3.8, 4) is 0 Å². The largest absolute Gasteiger partial charge is 0.381 e. The van der Waals surface area contributed by atoms with E-state index in [0.717, 1.165) is 38.5 Å². The second-order valence-corrected chi connectivity index (χ2v) is 11.7. The van der Waals surface area contributed by atoms with Crippen LogP contribution in [0, 0.1) is 10.8 Å². The van der Waals surface area contributed by atoms with Crippen LogP contribution in [0.4, 0.5) is 0 Å². The van der Waals surface area contributed by atoms with Crippen molar-refractivity contribution in [2.45, 2.75) is 66.2 Å². The lowest BCUT2D eigenvalue weighted by atomic mass is 9.89. The van der Waals surface area contributed by atoms with E-state index in [1.807, 2.05) is 27.7 Å². The lowest BCUT2D eigenvalue weighted by Crippen LogP contribution is -2.29. The van der Waals surface area contributed by atoms with E-state index in [1.54, 1.807) is 0 Å². The molecule has 0 aliphatic carbocycles. The summed E-state index contributed by atoms with van der Waals surface area (Å²) in [5.41, 5.74) is -0.634. The van der Waals surface area contributed by atoms with E-state index < -0.39 is 20.0 Å². The Morgan fingerprint density at radius 3 is 1.28 bits per heavy atom. The Morgan fingerprint density at radius 2 is 1.00 bits per heavy atom. The molecule has 0 aromatic carbocycles. The van der Waals surface area contributed by atoms with Crippen LogP contribution in [0.3, 0.4) is 0 Å². The van der Waals surface area contributed by atoms with E-state index in [-0.39, 0.29) is 22.3 Å². The predicted molar refractivity (Wildman–Crippen MR) is 102 cm³/mol. The number of primary sulfonamides is 2. The van der Waals surface area contributed by atoms with Crippen LogP contribution in [0.1, 0.15) is 66.2 Å². The van der Waals surface area contributed by atoms with E-state index in [9.17, 15) is 16.8 Å². The first-order valence-corrected chi connectivity index (χ1v) is 12.1. The molecule has 0 bridgehead atoms. The zero-order valence-electron chi connectivity index (χ0n) is 16.1. The lowest BCUT2D eigenvalue weighted by Gasteiger charge is -2.23. The summed E-state index contributed by atoms with van der Waals surface area (Å²) in [6.07, 6.45) is 5.12. The van der Waals surface area contributed by atoms with Crippen LogP contribution in [-0.2, 0) is 24.8 Å². The van der Waals surface area contributed by atoms with Crippen molar-refractivity contribution in [3.63, 3.8) is 0 Å². The molecule has 0 aliphatic rings. The summed E-state index contributed by atoms with van der Waals surface area (Å²) >= 11 is 0. The molecule has 25 heavy (non-hydrogen) atoms. The summed E-state index contributed by atoms with van der Waals surface area (Å²) in [6.45, 7) is 8.91. The molecule has 152 valence electrons. The van der Waals surface area contributed by atoms with E-state index in [0.29, 0.717) is 13.2 Å². The van der Waals surface area contributed by atoms with Gasteiger partial charge in [-0.1, -0.05) is 40.5 Å². The van der Waals surface area contributed by atoms with Crippen molar-refractivity contribution in [2.24, 2.45) is 21.1 Å². The molecular formula is C16H36N2O5S2. The van der Waals surface area contributed by atoms with Gasteiger partial charge in [0.15, 0.2) is 0 Å². The molecule has 7 nitrogen and oxygen atoms in total. The lowest BCUT2D eigenvalue weighted by molar-refractivity contribution is 0.121. The molecule has 0 amide bonds. The van der Waals surface area contributed by atoms with Gasteiger partial charge in [-0.3, -0.25) is 0 Å². The summed E-state index contributed by atoms with van der Waals surface area (Å²) < 4.78 is 50.1. The average molecular weight is 401 g/mol. The first-order valence-electron chi connectivity index (χ1n) is 8.71. The molecule has 0 rings (SSSR count). The number of hydrogen-bond donors (Lipinski definition) is 2. The summed E-state index contributed by atoms with van der Waals surface area (Å²) in [5.74, 6) is -0.00960. The number of hydrogen-bond acceptors (Lipinski definition) is 5. The number of rotatable bonds is 14. The van der Waals surface area contributed by atoms with Gasteiger partial charge in [-0.25, -0.2) is 27.1 Å². The molecule has 0 spiro atoms. The fraction of sp³-hybridized carbons (Fsp3) is 1.00. The van der Waals surface area contributed by atoms with Crippen LogP contribution in [0.2, 0.25) is 0 Å². The molecule has 0 aliphatic heterocycles. The quantitative estimate of drug-likeness (QED) is 0.431. The van der Waals surface area contributed by atoms with Gasteiger partial charge in [0.25, 0.3) is 0 Å². The molecule has 0 saturated heterocycles. The highest BCUT2D eigenvalue weighted by Crippen LogP contribution is 2.25. The number of unbranched alkanes of at least 4 members (excludes halogenated alkanes) is 2. The van der Waals surface area contributed by atoms with Crippen LogP contribution in [0.5, 0.6) is 0 Å². The van der Waals surface area contributed by atoms with Crippen LogP contribution < -0.4 is 10.3 Å². The zero-order chi connectivity index (χ0) is 19.8. The summed E-state index contributed by atoms with van der Waals surface area (Å²) in [7, 11) is -6.88. The Balaban J connectivity index is 3.72. The molecule has 0 radical (unpaired) electrons. The molecule has 0 saturated carbocycles. The number of sulfonamides is 2. The number of nitrogens with two attached hydrogens (primary N) is 2. The van der Waals surface area contributed by atoms with Gasteiger partial charge in [-0.2, -0.15) is 0 Å². The van der Waals surface area contributed by atoms with Crippen molar-refractivity contribution in [2.75, 3.05) is 24.7 Å². The first kappa shape index (κ1) is 24.8. The number of ether oxygens (including phenoxy) is 1. The van der Waals surface area contributed by atoms with Gasteiger partial charge >= 0.3 is 0 Å². The van der Waals surface area contributed by atoms with Crippen molar-refractivity contribution in [3.05, 3.63) is 0 Å². The Labute approximate surface area is 154 Å². The smallest absolute Gasteiger partial charge is 0.209 e. The Morgan fingerprint density at radius 1 is 0.680 bits per heavy atom. The molecule has 9 heteroatoms. The Bertz CT molecular complexity index is 532. The normalized spacial score (nSPS) is 14.0. The zero-order valence-corrected chi connectivity index (χ0v) is 17.7. The Hall–Kier alpha value is -0.220. The second-order valence-electron chi connectivity index (χ2n) is 8.47. The van der Waals surface area contributed by atoms with Crippen molar-refractivity contribution in [1.29, 1.82) is 0 Å². The fourth-order valence-corrected chi connectivity index (χ4v) is 5.42. The molecule has 4 N–H and O–H groups in total. The van der Waals surface area contributed by atoms with Crippen molar-refractivity contribution < 1.29 is 21.6 Å². The molecule has 0 unspecified atom stereocenters. The van der Waals surface area contributed by atoms with Gasteiger partial charge in [0, 0.05) is 13.2 Å². The van der Waals surface area contributed by atoms with Crippen LogP contribution in [0.25, 0.3) is 0 Å². The minimum absolute atomic E-state index is 0.00480. The summed E-state index contributed by atoms with van der Waals surface area (Å²) in [4.78, 5) is 0. The maximum Gasteiger partial charge on any atom is 0.209 e. The van der Waals surface area contributed by atoms with Crippen LogP contribution >= 0.6 is 0 Å². The van der Waals surface area contributed by atoms with E-state index >= 15 is 0 Å². The molecule has 0 fully saturated rings. The van der Waals surface area contributed by atoms with Gasteiger partial charge in [0.1, 0.15) is 0 Å².